The van der Waals surface area contributed by atoms with Crippen molar-refractivity contribution in [1.29, 1.82) is 5.26 Å². The lowest BCUT2D eigenvalue weighted by Gasteiger charge is -2.03. The molecule has 6 heteroatoms. The van der Waals surface area contributed by atoms with Gasteiger partial charge in [-0.1, -0.05) is 17.7 Å². The minimum absolute atomic E-state index is 0.217. The minimum Gasteiger partial charge on any atom is -0.382 e. The van der Waals surface area contributed by atoms with Crippen molar-refractivity contribution < 1.29 is 0 Å². The first kappa shape index (κ1) is 12.7. The van der Waals surface area contributed by atoms with Crippen LogP contribution < -0.4 is 5.73 Å². The van der Waals surface area contributed by atoms with E-state index in [1.54, 1.807) is 11.8 Å². The minimum atomic E-state index is 0.217. The summed E-state index contributed by atoms with van der Waals surface area (Å²) in [6.07, 6.45) is 1.44. The Kier molecular flexibility index (Phi) is 4.03. The Morgan fingerprint density at radius 3 is 2.94 bits per heavy atom. The van der Waals surface area contributed by atoms with E-state index in [2.05, 4.69) is 9.97 Å². The van der Waals surface area contributed by atoms with E-state index < -0.39 is 0 Å². The molecule has 90 valence electrons. The number of halogens is 1. The zero-order valence-corrected chi connectivity index (χ0v) is 10.9. The van der Waals surface area contributed by atoms with Crippen LogP contribution in [0.25, 0.3) is 0 Å². The molecule has 0 aliphatic carbocycles. The van der Waals surface area contributed by atoms with Crippen LogP contribution in [0.4, 0.5) is 5.82 Å². The first-order chi connectivity index (χ1) is 8.69. The molecular formula is C12H9ClN4S. The van der Waals surface area contributed by atoms with Crippen molar-refractivity contribution in [3.8, 4) is 6.07 Å². The summed E-state index contributed by atoms with van der Waals surface area (Å²) in [4.78, 5) is 9.19. The largest absolute Gasteiger partial charge is 0.382 e. The summed E-state index contributed by atoms with van der Waals surface area (Å²) in [5.74, 6) is 1.39. The van der Waals surface area contributed by atoms with E-state index in [9.17, 15) is 0 Å². The van der Waals surface area contributed by atoms with Crippen molar-refractivity contribution in [2.45, 2.75) is 10.6 Å². The van der Waals surface area contributed by atoms with Gasteiger partial charge in [0.2, 0.25) is 0 Å². The third kappa shape index (κ3) is 3.13. The van der Waals surface area contributed by atoms with E-state index in [1.807, 2.05) is 30.3 Å². The van der Waals surface area contributed by atoms with Gasteiger partial charge in [-0.15, -0.1) is 11.8 Å². The highest BCUT2D eigenvalue weighted by atomic mass is 35.5. The Morgan fingerprint density at radius 1 is 1.44 bits per heavy atom. The quantitative estimate of drug-likeness (QED) is 0.873. The lowest BCUT2D eigenvalue weighted by Crippen LogP contribution is -2.00. The van der Waals surface area contributed by atoms with Gasteiger partial charge < -0.3 is 5.73 Å². The average molecular weight is 277 g/mol. The summed E-state index contributed by atoms with van der Waals surface area (Å²) >= 11 is 7.45. The predicted octanol–water partition coefficient (Wildman–Crippen LogP) is 2.88. The first-order valence-electron chi connectivity index (χ1n) is 5.09. The van der Waals surface area contributed by atoms with Crippen molar-refractivity contribution in [3.63, 3.8) is 0 Å². The van der Waals surface area contributed by atoms with Crippen LogP contribution in [0.5, 0.6) is 0 Å². The van der Waals surface area contributed by atoms with Crippen molar-refractivity contribution in [1.82, 2.24) is 9.97 Å². The summed E-state index contributed by atoms with van der Waals surface area (Å²) in [6, 6.07) is 9.47. The molecule has 0 unspecified atom stereocenters. The number of benzene rings is 1. The Labute approximate surface area is 114 Å². The fraction of sp³-hybridized carbons (Fsp3) is 0.0833. The number of nitriles is 1. The van der Waals surface area contributed by atoms with Crippen LogP contribution in [0.1, 0.15) is 11.4 Å². The topological polar surface area (TPSA) is 75.6 Å². The molecule has 2 N–H and O–H groups in total. The number of hydrogen-bond donors (Lipinski definition) is 1. The smallest absolute Gasteiger partial charge is 0.145 e. The van der Waals surface area contributed by atoms with Gasteiger partial charge in [0.05, 0.1) is 11.9 Å². The third-order valence-corrected chi connectivity index (χ3v) is 3.38. The molecule has 0 spiro atoms. The summed E-state index contributed by atoms with van der Waals surface area (Å²) in [5.41, 5.74) is 5.92. The van der Waals surface area contributed by atoms with Crippen molar-refractivity contribution >= 4 is 29.2 Å². The van der Waals surface area contributed by atoms with E-state index in [0.29, 0.717) is 22.2 Å². The second-order valence-electron chi connectivity index (χ2n) is 3.44. The lowest BCUT2D eigenvalue weighted by atomic mass is 10.3. The van der Waals surface area contributed by atoms with Crippen molar-refractivity contribution in [2.75, 3.05) is 5.73 Å². The number of rotatable bonds is 3. The molecule has 2 aromatic rings. The van der Waals surface area contributed by atoms with Gasteiger partial charge in [0.25, 0.3) is 0 Å². The molecule has 0 saturated heterocycles. The number of anilines is 1. The molecule has 0 aliphatic rings. The predicted molar refractivity (Wildman–Crippen MR) is 72.2 cm³/mol. The number of thioether (sulfide) groups is 1. The molecule has 4 nitrogen and oxygen atoms in total. The fourth-order valence-corrected chi connectivity index (χ4v) is 2.37. The highest BCUT2D eigenvalue weighted by Gasteiger charge is 2.04. The molecule has 0 atom stereocenters. The number of aromatic nitrogens is 2. The van der Waals surface area contributed by atoms with Gasteiger partial charge in [0.15, 0.2) is 0 Å². The zero-order valence-electron chi connectivity index (χ0n) is 9.30. The summed E-state index contributed by atoms with van der Waals surface area (Å²) < 4.78 is 0. The average Bonchev–Trinajstić information content (AvgIpc) is 2.37. The summed E-state index contributed by atoms with van der Waals surface area (Å²) in [5, 5.41) is 9.41. The molecule has 0 aliphatic heterocycles. The summed E-state index contributed by atoms with van der Waals surface area (Å²) in [6.45, 7) is 0. The molecule has 0 saturated carbocycles. The van der Waals surface area contributed by atoms with Crippen LogP contribution in [0, 0.1) is 11.3 Å². The van der Waals surface area contributed by atoms with Crippen molar-refractivity contribution in [2.24, 2.45) is 0 Å². The molecule has 0 bridgehead atoms. The van der Waals surface area contributed by atoms with Gasteiger partial charge in [0, 0.05) is 9.92 Å². The number of nitrogen functional groups attached to an aromatic ring is 1. The molecule has 1 aromatic carbocycles. The molecule has 0 amide bonds. The Hall–Kier alpha value is -1.77. The number of hydrogen-bond acceptors (Lipinski definition) is 5. The second kappa shape index (κ2) is 5.71. The molecule has 1 heterocycles. The van der Waals surface area contributed by atoms with E-state index in [1.165, 1.54) is 6.20 Å². The Morgan fingerprint density at radius 2 is 2.28 bits per heavy atom. The number of nitrogens with two attached hydrogens (primary N) is 1. The summed E-state index contributed by atoms with van der Waals surface area (Å²) in [7, 11) is 0. The highest BCUT2D eigenvalue weighted by Crippen LogP contribution is 2.24. The molecule has 0 radical (unpaired) electrons. The maximum absolute atomic E-state index is 8.72. The van der Waals surface area contributed by atoms with E-state index >= 15 is 0 Å². The SMILES string of the molecule is N#Cc1cnc(CSc2cccc(Cl)c2)nc1N. The molecule has 1 aromatic heterocycles. The van der Waals surface area contributed by atoms with E-state index in [-0.39, 0.29) is 5.82 Å². The Balaban J connectivity index is 2.07. The highest BCUT2D eigenvalue weighted by molar-refractivity contribution is 7.98. The standard InChI is InChI=1S/C12H9ClN4S/c13-9-2-1-3-10(4-9)18-7-11-16-6-8(5-14)12(15)17-11/h1-4,6H,7H2,(H2,15,16,17). The van der Waals surface area contributed by atoms with Gasteiger partial charge in [-0.05, 0) is 18.2 Å². The Bertz CT molecular complexity index is 609. The van der Waals surface area contributed by atoms with Crippen molar-refractivity contribution in [3.05, 3.63) is 46.9 Å². The third-order valence-electron chi connectivity index (χ3n) is 2.15. The molecule has 0 fully saturated rings. The first-order valence-corrected chi connectivity index (χ1v) is 6.45. The van der Waals surface area contributed by atoms with Crippen LogP contribution in [0.15, 0.2) is 35.4 Å². The molecule has 18 heavy (non-hydrogen) atoms. The number of nitrogens with zero attached hydrogens (tertiary/aromatic N) is 3. The van der Waals surface area contributed by atoms with Gasteiger partial charge in [-0.25, -0.2) is 9.97 Å². The van der Waals surface area contributed by atoms with E-state index in [4.69, 9.17) is 22.6 Å². The lowest BCUT2D eigenvalue weighted by molar-refractivity contribution is 1.03. The van der Waals surface area contributed by atoms with Crippen LogP contribution in [-0.4, -0.2) is 9.97 Å². The van der Waals surface area contributed by atoms with Gasteiger partial charge in [-0.2, -0.15) is 5.26 Å². The normalized spacial score (nSPS) is 10.0. The van der Waals surface area contributed by atoms with Crippen LogP contribution in [0.3, 0.4) is 0 Å². The van der Waals surface area contributed by atoms with Crippen LogP contribution in [0.2, 0.25) is 5.02 Å². The van der Waals surface area contributed by atoms with Gasteiger partial charge in [0.1, 0.15) is 23.3 Å². The maximum Gasteiger partial charge on any atom is 0.145 e. The van der Waals surface area contributed by atoms with Gasteiger partial charge in [-0.3, -0.25) is 0 Å². The van der Waals surface area contributed by atoms with Gasteiger partial charge >= 0.3 is 0 Å². The van der Waals surface area contributed by atoms with Crippen LogP contribution >= 0.6 is 23.4 Å². The molecular weight excluding hydrogens is 268 g/mol. The van der Waals surface area contributed by atoms with Crippen LogP contribution in [-0.2, 0) is 5.75 Å². The maximum atomic E-state index is 8.72. The fourth-order valence-electron chi connectivity index (χ4n) is 1.29. The monoisotopic (exact) mass is 276 g/mol. The second-order valence-corrected chi connectivity index (χ2v) is 4.93. The van der Waals surface area contributed by atoms with E-state index in [0.717, 1.165) is 4.90 Å². The molecule has 2 rings (SSSR count). The zero-order chi connectivity index (χ0) is 13.0.